The Labute approximate surface area is 122 Å². The van der Waals surface area contributed by atoms with Gasteiger partial charge in [0, 0.05) is 17.6 Å². The third kappa shape index (κ3) is 3.20. The molecule has 0 radical (unpaired) electrons. The van der Waals surface area contributed by atoms with Crippen LogP contribution in [0.15, 0.2) is 24.3 Å². The lowest BCUT2D eigenvalue weighted by molar-refractivity contribution is -0.146. The molecule has 5 heteroatoms. The van der Waals surface area contributed by atoms with Gasteiger partial charge in [-0.25, -0.2) is 4.79 Å². The first-order valence-electron chi connectivity index (χ1n) is 6.46. The van der Waals surface area contributed by atoms with E-state index in [1.807, 2.05) is 19.1 Å². The van der Waals surface area contributed by atoms with Crippen LogP contribution in [-0.2, 0) is 9.59 Å². The highest BCUT2D eigenvalue weighted by atomic mass is 35.5. The standard InChI is InChI=1S/C15H16ClNO3/c1-10-4-5-11(9-12(10)16)6-7-14(18)17-8-2-3-13(17)15(19)20/h4-7,9,13H,2-3,8H2,1H3,(H,19,20)/b7-6+/t13-/m0/s1. The lowest BCUT2D eigenvalue weighted by Gasteiger charge is -2.19. The third-order valence-corrected chi connectivity index (χ3v) is 3.84. The highest BCUT2D eigenvalue weighted by Gasteiger charge is 2.32. The summed E-state index contributed by atoms with van der Waals surface area (Å²) in [5, 5.41) is 9.69. The number of carbonyl (C=O) groups excluding carboxylic acids is 1. The van der Waals surface area contributed by atoms with E-state index in [0.29, 0.717) is 18.0 Å². The summed E-state index contributed by atoms with van der Waals surface area (Å²) in [4.78, 5) is 24.5. The Morgan fingerprint density at radius 1 is 1.45 bits per heavy atom. The van der Waals surface area contributed by atoms with Crippen LogP contribution in [0.2, 0.25) is 5.02 Å². The number of hydrogen-bond acceptors (Lipinski definition) is 2. The summed E-state index contributed by atoms with van der Waals surface area (Å²) in [6.45, 7) is 2.40. The molecule has 1 heterocycles. The van der Waals surface area contributed by atoms with Gasteiger partial charge >= 0.3 is 5.97 Å². The predicted octanol–water partition coefficient (Wildman–Crippen LogP) is 2.74. The van der Waals surface area contributed by atoms with Crippen LogP contribution < -0.4 is 0 Å². The van der Waals surface area contributed by atoms with Crippen molar-refractivity contribution in [1.82, 2.24) is 4.90 Å². The quantitative estimate of drug-likeness (QED) is 0.872. The molecule has 1 saturated heterocycles. The summed E-state index contributed by atoms with van der Waals surface area (Å²) >= 11 is 6.01. The van der Waals surface area contributed by atoms with Gasteiger partial charge in [-0.1, -0.05) is 23.7 Å². The number of aryl methyl sites for hydroxylation is 1. The Kier molecular flexibility index (Phi) is 4.45. The van der Waals surface area contributed by atoms with Gasteiger partial charge in [0.1, 0.15) is 6.04 Å². The van der Waals surface area contributed by atoms with Crippen LogP contribution in [-0.4, -0.2) is 34.5 Å². The van der Waals surface area contributed by atoms with Crippen LogP contribution in [0.1, 0.15) is 24.0 Å². The van der Waals surface area contributed by atoms with Crippen LogP contribution in [0, 0.1) is 6.92 Å². The van der Waals surface area contributed by atoms with Gasteiger partial charge in [-0.2, -0.15) is 0 Å². The minimum atomic E-state index is -0.942. The van der Waals surface area contributed by atoms with Crippen LogP contribution in [0.4, 0.5) is 0 Å². The normalized spacial score (nSPS) is 18.7. The van der Waals surface area contributed by atoms with Crippen molar-refractivity contribution in [3.63, 3.8) is 0 Å². The molecule has 1 aliphatic rings. The number of amides is 1. The van der Waals surface area contributed by atoms with Crippen LogP contribution in [0.5, 0.6) is 0 Å². The van der Waals surface area contributed by atoms with E-state index in [4.69, 9.17) is 16.7 Å². The fourth-order valence-electron chi connectivity index (χ4n) is 2.26. The van der Waals surface area contributed by atoms with Crippen molar-refractivity contribution in [3.05, 3.63) is 40.4 Å². The van der Waals surface area contributed by atoms with E-state index in [-0.39, 0.29) is 5.91 Å². The molecule has 0 bridgehead atoms. The molecule has 20 heavy (non-hydrogen) atoms. The lowest BCUT2D eigenvalue weighted by Crippen LogP contribution is -2.39. The highest BCUT2D eigenvalue weighted by molar-refractivity contribution is 6.31. The van der Waals surface area contributed by atoms with E-state index < -0.39 is 12.0 Å². The first-order chi connectivity index (χ1) is 9.49. The number of likely N-dealkylation sites (tertiary alicyclic amines) is 1. The molecule has 1 aromatic carbocycles. The van der Waals surface area contributed by atoms with E-state index in [1.165, 1.54) is 11.0 Å². The maximum atomic E-state index is 12.0. The van der Waals surface area contributed by atoms with Crippen molar-refractivity contribution in [3.8, 4) is 0 Å². The van der Waals surface area contributed by atoms with Gasteiger partial charge < -0.3 is 10.0 Å². The van der Waals surface area contributed by atoms with Gasteiger partial charge in [-0.15, -0.1) is 0 Å². The minimum Gasteiger partial charge on any atom is -0.480 e. The number of rotatable bonds is 3. The molecule has 106 valence electrons. The Balaban J connectivity index is 2.08. The first-order valence-corrected chi connectivity index (χ1v) is 6.84. The van der Waals surface area contributed by atoms with Crippen molar-refractivity contribution < 1.29 is 14.7 Å². The highest BCUT2D eigenvalue weighted by Crippen LogP contribution is 2.20. The molecule has 0 spiro atoms. The Hall–Kier alpha value is -1.81. The number of carboxylic acid groups (broad SMARTS) is 1. The molecule has 2 rings (SSSR count). The Morgan fingerprint density at radius 2 is 2.20 bits per heavy atom. The largest absolute Gasteiger partial charge is 0.480 e. The van der Waals surface area contributed by atoms with Gasteiger partial charge in [0.25, 0.3) is 0 Å². The summed E-state index contributed by atoms with van der Waals surface area (Å²) in [6.07, 6.45) is 4.31. The van der Waals surface area contributed by atoms with Crippen molar-refractivity contribution in [2.45, 2.75) is 25.8 Å². The second-order valence-electron chi connectivity index (χ2n) is 4.87. The van der Waals surface area contributed by atoms with E-state index >= 15 is 0 Å². The maximum Gasteiger partial charge on any atom is 0.326 e. The van der Waals surface area contributed by atoms with Crippen LogP contribution in [0.25, 0.3) is 6.08 Å². The van der Waals surface area contributed by atoms with Crippen molar-refractivity contribution in [1.29, 1.82) is 0 Å². The molecule has 1 aromatic rings. The molecular formula is C15H16ClNO3. The molecule has 1 aliphatic heterocycles. The van der Waals surface area contributed by atoms with Gasteiger partial charge in [-0.3, -0.25) is 4.79 Å². The lowest BCUT2D eigenvalue weighted by atomic mass is 10.1. The summed E-state index contributed by atoms with van der Waals surface area (Å²) in [6, 6.07) is 4.82. The van der Waals surface area contributed by atoms with E-state index in [0.717, 1.165) is 17.5 Å². The number of aliphatic carboxylic acids is 1. The molecule has 1 fully saturated rings. The zero-order valence-corrected chi connectivity index (χ0v) is 11.9. The molecule has 0 aliphatic carbocycles. The topological polar surface area (TPSA) is 57.6 Å². The molecule has 4 nitrogen and oxygen atoms in total. The van der Waals surface area contributed by atoms with Crippen molar-refractivity contribution in [2.75, 3.05) is 6.54 Å². The Morgan fingerprint density at radius 3 is 2.85 bits per heavy atom. The second-order valence-corrected chi connectivity index (χ2v) is 5.28. The van der Waals surface area contributed by atoms with Gasteiger partial charge in [-0.05, 0) is 43.0 Å². The van der Waals surface area contributed by atoms with Gasteiger partial charge in [0.2, 0.25) is 5.91 Å². The average Bonchev–Trinajstić information content (AvgIpc) is 2.89. The predicted molar refractivity (Wildman–Crippen MR) is 77.6 cm³/mol. The number of benzene rings is 1. The molecule has 1 amide bonds. The number of nitrogens with zero attached hydrogens (tertiary/aromatic N) is 1. The van der Waals surface area contributed by atoms with Crippen LogP contribution in [0.3, 0.4) is 0 Å². The molecule has 1 N–H and O–H groups in total. The number of carboxylic acids is 1. The number of halogens is 1. The van der Waals surface area contributed by atoms with Crippen molar-refractivity contribution in [2.24, 2.45) is 0 Å². The Bertz CT molecular complexity index is 568. The van der Waals surface area contributed by atoms with E-state index in [9.17, 15) is 9.59 Å². The summed E-state index contributed by atoms with van der Waals surface area (Å²) in [5.41, 5.74) is 1.79. The van der Waals surface area contributed by atoms with Crippen molar-refractivity contribution >= 4 is 29.6 Å². The summed E-state index contributed by atoms with van der Waals surface area (Å²) in [5.74, 6) is -1.21. The monoisotopic (exact) mass is 293 g/mol. The second kappa shape index (κ2) is 6.09. The molecule has 1 atom stereocenters. The average molecular weight is 294 g/mol. The van der Waals surface area contributed by atoms with E-state index in [1.54, 1.807) is 12.1 Å². The first kappa shape index (κ1) is 14.6. The molecular weight excluding hydrogens is 278 g/mol. The SMILES string of the molecule is Cc1ccc(/C=C/C(=O)N2CCC[C@H]2C(=O)O)cc1Cl. The zero-order chi connectivity index (χ0) is 14.7. The minimum absolute atomic E-state index is 0.272. The third-order valence-electron chi connectivity index (χ3n) is 3.44. The molecule has 0 unspecified atom stereocenters. The molecule has 0 saturated carbocycles. The smallest absolute Gasteiger partial charge is 0.326 e. The summed E-state index contributed by atoms with van der Waals surface area (Å²) in [7, 11) is 0. The van der Waals surface area contributed by atoms with Crippen LogP contribution >= 0.6 is 11.6 Å². The fourth-order valence-corrected chi connectivity index (χ4v) is 2.45. The van der Waals surface area contributed by atoms with Gasteiger partial charge in [0.05, 0.1) is 0 Å². The van der Waals surface area contributed by atoms with Gasteiger partial charge in [0.15, 0.2) is 0 Å². The fraction of sp³-hybridized carbons (Fsp3) is 0.333. The maximum absolute atomic E-state index is 12.0. The summed E-state index contributed by atoms with van der Waals surface area (Å²) < 4.78 is 0. The van der Waals surface area contributed by atoms with E-state index in [2.05, 4.69) is 0 Å². The number of carbonyl (C=O) groups is 2. The molecule has 0 aromatic heterocycles. The number of hydrogen-bond donors (Lipinski definition) is 1. The zero-order valence-electron chi connectivity index (χ0n) is 11.2.